The molecule has 21 heavy (non-hydrogen) atoms. The Bertz CT molecular complexity index is 384. The normalized spacial score (nSPS) is 34.2. The van der Waals surface area contributed by atoms with Crippen LogP contribution in [0.3, 0.4) is 0 Å². The van der Waals surface area contributed by atoms with E-state index in [-0.39, 0.29) is 5.54 Å². The Hall–Kier alpha value is -0.630. The Morgan fingerprint density at radius 2 is 2.00 bits per heavy atom. The van der Waals surface area contributed by atoms with Gasteiger partial charge in [-0.25, -0.2) is 0 Å². The van der Waals surface area contributed by atoms with Gasteiger partial charge in [-0.15, -0.1) is 0 Å². The molecule has 0 radical (unpaired) electrons. The van der Waals surface area contributed by atoms with E-state index in [2.05, 4.69) is 23.3 Å². The number of ether oxygens (including phenoxy) is 1. The predicted molar refractivity (Wildman–Crippen MR) is 82.9 cm³/mol. The molecule has 0 aromatic rings. The smallest absolute Gasteiger partial charge is 0.109 e. The molecule has 118 valence electrons. The monoisotopic (exact) mass is 291 g/mol. The van der Waals surface area contributed by atoms with Crippen molar-refractivity contribution in [3.05, 3.63) is 0 Å². The molecular formula is C17H29N3O. The molecule has 4 nitrogen and oxygen atoms in total. The van der Waals surface area contributed by atoms with Crippen molar-refractivity contribution in [1.82, 2.24) is 10.2 Å². The van der Waals surface area contributed by atoms with Crippen LogP contribution in [-0.4, -0.2) is 49.3 Å². The first-order valence-electron chi connectivity index (χ1n) is 8.70. The summed E-state index contributed by atoms with van der Waals surface area (Å²) in [6.45, 7) is 2.93. The number of nitrogens with zero attached hydrogens (tertiary/aromatic N) is 2. The maximum Gasteiger partial charge on any atom is 0.109 e. The maximum atomic E-state index is 9.73. The molecule has 1 saturated heterocycles. The zero-order chi connectivity index (χ0) is 14.7. The van der Waals surface area contributed by atoms with E-state index in [1.54, 1.807) is 0 Å². The lowest BCUT2D eigenvalue weighted by molar-refractivity contribution is 0.0406. The highest BCUT2D eigenvalue weighted by Crippen LogP contribution is 2.40. The minimum absolute atomic E-state index is 0.225. The second-order valence-electron chi connectivity index (χ2n) is 7.20. The molecule has 3 fully saturated rings. The van der Waals surface area contributed by atoms with E-state index in [4.69, 9.17) is 4.74 Å². The molecule has 1 heterocycles. The number of nitriles is 1. The topological polar surface area (TPSA) is 48.3 Å². The molecule has 2 saturated carbocycles. The van der Waals surface area contributed by atoms with E-state index in [9.17, 15) is 5.26 Å². The molecule has 2 aliphatic carbocycles. The van der Waals surface area contributed by atoms with Gasteiger partial charge in [0.2, 0.25) is 0 Å². The van der Waals surface area contributed by atoms with Crippen molar-refractivity contribution in [2.24, 2.45) is 5.92 Å². The second kappa shape index (κ2) is 6.64. The van der Waals surface area contributed by atoms with Crippen LogP contribution in [0.5, 0.6) is 0 Å². The van der Waals surface area contributed by atoms with Crippen molar-refractivity contribution in [3.8, 4) is 6.07 Å². The Morgan fingerprint density at radius 1 is 1.24 bits per heavy atom. The summed E-state index contributed by atoms with van der Waals surface area (Å²) >= 11 is 0. The Labute approximate surface area is 128 Å². The van der Waals surface area contributed by atoms with Gasteiger partial charge in [-0.2, -0.15) is 5.26 Å². The predicted octanol–water partition coefficient (Wildman–Crippen LogP) is 2.30. The molecule has 0 spiro atoms. The highest BCUT2D eigenvalue weighted by Gasteiger charge is 2.45. The van der Waals surface area contributed by atoms with Gasteiger partial charge in [-0.05, 0) is 64.5 Å². The lowest BCUT2D eigenvalue weighted by atomic mass is 9.85. The van der Waals surface area contributed by atoms with Crippen LogP contribution >= 0.6 is 0 Å². The van der Waals surface area contributed by atoms with Crippen LogP contribution < -0.4 is 5.32 Å². The van der Waals surface area contributed by atoms with Crippen LogP contribution in [0.15, 0.2) is 0 Å². The van der Waals surface area contributed by atoms with Gasteiger partial charge in [-0.3, -0.25) is 5.32 Å². The molecule has 1 aliphatic heterocycles. The van der Waals surface area contributed by atoms with Gasteiger partial charge in [0.15, 0.2) is 0 Å². The fourth-order valence-corrected chi connectivity index (χ4v) is 4.10. The van der Waals surface area contributed by atoms with Crippen LogP contribution in [0, 0.1) is 17.2 Å². The van der Waals surface area contributed by atoms with E-state index < -0.39 is 0 Å². The highest BCUT2D eigenvalue weighted by atomic mass is 16.5. The minimum atomic E-state index is -0.225. The fourth-order valence-electron chi connectivity index (χ4n) is 4.10. The molecule has 0 bridgehead atoms. The van der Waals surface area contributed by atoms with Gasteiger partial charge < -0.3 is 9.64 Å². The van der Waals surface area contributed by atoms with Crippen molar-refractivity contribution in [2.45, 2.75) is 69.0 Å². The quantitative estimate of drug-likeness (QED) is 0.816. The van der Waals surface area contributed by atoms with Crippen LogP contribution in [0.25, 0.3) is 0 Å². The van der Waals surface area contributed by atoms with E-state index in [0.717, 1.165) is 45.4 Å². The molecule has 2 unspecified atom stereocenters. The van der Waals surface area contributed by atoms with Crippen LogP contribution in [0.2, 0.25) is 0 Å². The molecule has 4 heteroatoms. The van der Waals surface area contributed by atoms with Gasteiger partial charge in [0.1, 0.15) is 5.54 Å². The van der Waals surface area contributed by atoms with Crippen molar-refractivity contribution < 1.29 is 4.74 Å². The molecule has 2 atom stereocenters. The first-order chi connectivity index (χ1) is 10.2. The summed E-state index contributed by atoms with van der Waals surface area (Å²) in [7, 11) is 2.24. The van der Waals surface area contributed by atoms with E-state index in [0.29, 0.717) is 18.0 Å². The SMILES string of the molecule is CN(CCC1CCCC1(C#N)NC1CC1)C1CCOCC1. The number of hydrogen-bond acceptors (Lipinski definition) is 4. The number of nitrogens with one attached hydrogen (secondary N) is 1. The zero-order valence-corrected chi connectivity index (χ0v) is 13.3. The summed E-state index contributed by atoms with van der Waals surface area (Å²) in [4.78, 5) is 2.50. The lowest BCUT2D eigenvalue weighted by Gasteiger charge is -2.34. The van der Waals surface area contributed by atoms with Crippen LogP contribution in [0.4, 0.5) is 0 Å². The van der Waals surface area contributed by atoms with E-state index >= 15 is 0 Å². The molecule has 1 N–H and O–H groups in total. The first kappa shape index (κ1) is 15.3. The van der Waals surface area contributed by atoms with Gasteiger partial charge >= 0.3 is 0 Å². The lowest BCUT2D eigenvalue weighted by Crippen LogP contribution is -2.49. The van der Waals surface area contributed by atoms with E-state index in [1.807, 2.05) is 0 Å². The Balaban J connectivity index is 1.52. The summed E-state index contributed by atoms with van der Waals surface area (Å²) in [6.07, 6.45) is 9.46. The molecule has 0 aromatic heterocycles. The minimum Gasteiger partial charge on any atom is -0.381 e. The van der Waals surface area contributed by atoms with Crippen molar-refractivity contribution >= 4 is 0 Å². The van der Waals surface area contributed by atoms with E-state index in [1.165, 1.54) is 25.7 Å². The molecule has 3 rings (SSSR count). The number of rotatable bonds is 6. The third kappa shape index (κ3) is 3.59. The Morgan fingerprint density at radius 3 is 2.67 bits per heavy atom. The zero-order valence-electron chi connectivity index (χ0n) is 13.3. The molecule has 3 aliphatic rings. The average molecular weight is 291 g/mol. The summed E-state index contributed by atoms with van der Waals surface area (Å²) in [5.41, 5.74) is -0.225. The van der Waals surface area contributed by atoms with Crippen LogP contribution in [-0.2, 0) is 4.74 Å². The van der Waals surface area contributed by atoms with Gasteiger partial charge in [0.25, 0.3) is 0 Å². The maximum absolute atomic E-state index is 9.73. The highest BCUT2D eigenvalue weighted by molar-refractivity contribution is 5.16. The third-order valence-corrected chi connectivity index (χ3v) is 5.70. The summed E-state index contributed by atoms with van der Waals surface area (Å²) in [6, 6.07) is 3.95. The largest absolute Gasteiger partial charge is 0.381 e. The van der Waals surface area contributed by atoms with Gasteiger partial charge in [0.05, 0.1) is 6.07 Å². The molecule has 0 amide bonds. The Kier molecular flexibility index (Phi) is 4.83. The van der Waals surface area contributed by atoms with Gasteiger partial charge in [0, 0.05) is 25.3 Å². The first-order valence-corrected chi connectivity index (χ1v) is 8.70. The summed E-state index contributed by atoms with van der Waals surface area (Å²) < 4.78 is 5.45. The van der Waals surface area contributed by atoms with Crippen molar-refractivity contribution in [2.75, 3.05) is 26.8 Å². The molecule has 0 aromatic carbocycles. The number of hydrogen-bond donors (Lipinski definition) is 1. The molecular weight excluding hydrogens is 262 g/mol. The summed E-state index contributed by atoms with van der Waals surface area (Å²) in [5, 5.41) is 13.4. The third-order valence-electron chi connectivity index (χ3n) is 5.70. The van der Waals surface area contributed by atoms with Crippen molar-refractivity contribution in [3.63, 3.8) is 0 Å². The van der Waals surface area contributed by atoms with Crippen molar-refractivity contribution in [1.29, 1.82) is 5.26 Å². The standard InChI is InChI=1S/C17H29N3O/c1-20(16-7-11-21-12-8-16)10-6-14-3-2-9-17(14,13-18)19-15-4-5-15/h14-16,19H,2-12H2,1H3. The summed E-state index contributed by atoms with van der Waals surface area (Å²) in [5.74, 6) is 0.533. The van der Waals surface area contributed by atoms with Crippen LogP contribution in [0.1, 0.15) is 51.4 Å². The fraction of sp³-hybridized carbons (Fsp3) is 0.941. The average Bonchev–Trinajstić information content (AvgIpc) is 3.25. The van der Waals surface area contributed by atoms with Gasteiger partial charge in [-0.1, -0.05) is 6.42 Å². The second-order valence-corrected chi connectivity index (χ2v) is 7.20.